The number of rotatable bonds is 2. The lowest BCUT2D eigenvalue weighted by molar-refractivity contribution is 0.616. The maximum absolute atomic E-state index is 5.59. The Labute approximate surface area is 84.1 Å². The molecule has 2 rings (SSSR count). The molecule has 1 aliphatic rings. The minimum Gasteiger partial charge on any atom is -0.397 e. The first-order valence-electron chi connectivity index (χ1n) is 4.93. The van der Waals surface area contributed by atoms with E-state index in [2.05, 4.69) is 15.2 Å². The molecule has 0 saturated carbocycles. The quantitative estimate of drug-likeness (QED) is 0.715. The molecule has 2 heterocycles. The SMILES string of the molecule is CNC1CCN(c2ccc(N)cn2)C1. The first kappa shape index (κ1) is 9.27. The average Bonchev–Trinajstić information content (AvgIpc) is 2.67. The zero-order chi connectivity index (χ0) is 9.97. The van der Waals surface area contributed by atoms with Gasteiger partial charge in [0.25, 0.3) is 0 Å². The van der Waals surface area contributed by atoms with Crippen LogP contribution in [0.25, 0.3) is 0 Å². The Kier molecular flexibility index (Phi) is 2.54. The lowest BCUT2D eigenvalue weighted by Crippen LogP contribution is -2.29. The zero-order valence-electron chi connectivity index (χ0n) is 8.40. The van der Waals surface area contributed by atoms with E-state index in [0.29, 0.717) is 6.04 Å². The van der Waals surface area contributed by atoms with Crippen LogP contribution in [0, 0.1) is 0 Å². The van der Waals surface area contributed by atoms with E-state index in [0.717, 1.165) is 24.6 Å². The number of nitrogens with two attached hydrogens (primary N) is 1. The van der Waals surface area contributed by atoms with Gasteiger partial charge in [0.15, 0.2) is 0 Å². The third-order valence-electron chi connectivity index (χ3n) is 2.69. The largest absolute Gasteiger partial charge is 0.397 e. The molecule has 4 heteroatoms. The molecule has 1 aromatic rings. The van der Waals surface area contributed by atoms with Crippen molar-refractivity contribution < 1.29 is 0 Å². The molecule has 14 heavy (non-hydrogen) atoms. The Hall–Kier alpha value is -1.29. The molecule has 0 aliphatic carbocycles. The molecule has 76 valence electrons. The fourth-order valence-electron chi connectivity index (χ4n) is 1.79. The third-order valence-corrected chi connectivity index (χ3v) is 2.69. The Morgan fingerprint density at radius 3 is 3.00 bits per heavy atom. The molecule has 1 fully saturated rings. The molecule has 0 spiro atoms. The van der Waals surface area contributed by atoms with Crippen LogP contribution in [0.15, 0.2) is 18.3 Å². The van der Waals surface area contributed by atoms with Gasteiger partial charge in [-0.15, -0.1) is 0 Å². The third kappa shape index (κ3) is 1.80. The Morgan fingerprint density at radius 2 is 2.43 bits per heavy atom. The van der Waals surface area contributed by atoms with Crippen molar-refractivity contribution in [2.45, 2.75) is 12.5 Å². The standard InChI is InChI=1S/C10H16N4/c1-12-9-4-5-14(7-9)10-3-2-8(11)6-13-10/h2-3,6,9,12H,4-5,7,11H2,1H3. The summed E-state index contributed by atoms with van der Waals surface area (Å²) < 4.78 is 0. The summed E-state index contributed by atoms with van der Waals surface area (Å²) >= 11 is 0. The molecule has 1 aromatic heterocycles. The number of nitrogen functional groups attached to an aromatic ring is 1. The predicted molar refractivity (Wildman–Crippen MR) is 58.3 cm³/mol. The predicted octanol–water partition coefficient (Wildman–Crippen LogP) is 0.462. The van der Waals surface area contributed by atoms with Gasteiger partial charge in [-0.2, -0.15) is 0 Å². The Bertz CT molecular complexity index is 295. The number of hydrogen-bond donors (Lipinski definition) is 2. The summed E-state index contributed by atoms with van der Waals surface area (Å²) in [7, 11) is 2.00. The van der Waals surface area contributed by atoms with Gasteiger partial charge in [-0.1, -0.05) is 0 Å². The number of likely N-dealkylation sites (N-methyl/N-ethyl adjacent to an activating group) is 1. The van der Waals surface area contributed by atoms with Crippen molar-refractivity contribution in [3.8, 4) is 0 Å². The van der Waals surface area contributed by atoms with Crippen molar-refractivity contribution in [1.29, 1.82) is 0 Å². The number of hydrogen-bond acceptors (Lipinski definition) is 4. The monoisotopic (exact) mass is 192 g/mol. The molecule has 1 saturated heterocycles. The lowest BCUT2D eigenvalue weighted by atomic mass is 10.3. The smallest absolute Gasteiger partial charge is 0.128 e. The number of anilines is 2. The molecule has 0 aromatic carbocycles. The van der Waals surface area contributed by atoms with E-state index in [4.69, 9.17) is 5.73 Å². The van der Waals surface area contributed by atoms with Gasteiger partial charge in [-0.05, 0) is 25.6 Å². The van der Waals surface area contributed by atoms with Crippen LogP contribution in [0.1, 0.15) is 6.42 Å². The minimum atomic E-state index is 0.592. The molecular formula is C10H16N4. The molecule has 0 bridgehead atoms. The van der Waals surface area contributed by atoms with Crippen molar-refractivity contribution in [2.24, 2.45) is 0 Å². The van der Waals surface area contributed by atoms with Crippen molar-refractivity contribution in [2.75, 3.05) is 30.8 Å². The van der Waals surface area contributed by atoms with Gasteiger partial charge in [0.05, 0.1) is 11.9 Å². The van der Waals surface area contributed by atoms with Gasteiger partial charge in [0.1, 0.15) is 5.82 Å². The van der Waals surface area contributed by atoms with Crippen LogP contribution in [-0.4, -0.2) is 31.2 Å². The summed E-state index contributed by atoms with van der Waals surface area (Å²) in [6.45, 7) is 2.11. The van der Waals surface area contributed by atoms with Crippen LogP contribution in [0.4, 0.5) is 11.5 Å². The van der Waals surface area contributed by atoms with Crippen molar-refractivity contribution in [1.82, 2.24) is 10.3 Å². The van der Waals surface area contributed by atoms with Gasteiger partial charge in [-0.25, -0.2) is 4.98 Å². The average molecular weight is 192 g/mol. The van der Waals surface area contributed by atoms with Crippen molar-refractivity contribution in [3.05, 3.63) is 18.3 Å². The van der Waals surface area contributed by atoms with Gasteiger partial charge in [0, 0.05) is 19.1 Å². The lowest BCUT2D eigenvalue weighted by Gasteiger charge is -2.17. The Balaban J connectivity index is 2.06. The summed E-state index contributed by atoms with van der Waals surface area (Å²) in [4.78, 5) is 6.58. The highest BCUT2D eigenvalue weighted by molar-refractivity contribution is 5.46. The summed E-state index contributed by atoms with van der Waals surface area (Å²) in [6.07, 6.45) is 2.89. The summed E-state index contributed by atoms with van der Waals surface area (Å²) in [5.41, 5.74) is 6.31. The molecular weight excluding hydrogens is 176 g/mol. The first-order chi connectivity index (χ1) is 6.79. The van der Waals surface area contributed by atoms with Crippen LogP contribution in [0.3, 0.4) is 0 Å². The van der Waals surface area contributed by atoms with Crippen molar-refractivity contribution in [3.63, 3.8) is 0 Å². The number of aromatic nitrogens is 1. The van der Waals surface area contributed by atoms with E-state index in [-0.39, 0.29) is 0 Å². The van der Waals surface area contributed by atoms with E-state index >= 15 is 0 Å². The molecule has 4 nitrogen and oxygen atoms in total. The topological polar surface area (TPSA) is 54.2 Å². The van der Waals surface area contributed by atoms with Crippen LogP contribution >= 0.6 is 0 Å². The zero-order valence-corrected chi connectivity index (χ0v) is 8.40. The number of nitrogens with one attached hydrogen (secondary N) is 1. The number of nitrogens with zero attached hydrogens (tertiary/aromatic N) is 2. The van der Waals surface area contributed by atoms with Crippen LogP contribution < -0.4 is 16.0 Å². The van der Waals surface area contributed by atoms with Gasteiger partial charge < -0.3 is 16.0 Å². The maximum atomic E-state index is 5.59. The maximum Gasteiger partial charge on any atom is 0.128 e. The van der Waals surface area contributed by atoms with Gasteiger partial charge >= 0.3 is 0 Å². The fraction of sp³-hybridized carbons (Fsp3) is 0.500. The van der Waals surface area contributed by atoms with E-state index in [9.17, 15) is 0 Å². The second-order valence-corrected chi connectivity index (χ2v) is 3.67. The van der Waals surface area contributed by atoms with Crippen molar-refractivity contribution >= 4 is 11.5 Å². The van der Waals surface area contributed by atoms with E-state index in [1.165, 1.54) is 6.42 Å². The summed E-state index contributed by atoms with van der Waals surface area (Å²) in [5.74, 6) is 1.02. The Morgan fingerprint density at radius 1 is 1.57 bits per heavy atom. The molecule has 0 amide bonds. The normalized spacial score (nSPS) is 21.5. The molecule has 1 unspecified atom stereocenters. The highest BCUT2D eigenvalue weighted by atomic mass is 15.2. The summed E-state index contributed by atoms with van der Waals surface area (Å²) in [6, 6.07) is 4.47. The fourth-order valence-corrected chi connectivity index (χ4v) is 1.79. The second kappa shape index (κ2) is 3.84. The van der Waals surface area contributed by atoms with Gasteiger partial charge in [0.2, 0.25) is 0 Å². The van der Waals surface area contributed by atoms with E-state index < -0.39 is 0 Å². The highest BCUT2D eigenvalue weighted by Gasteiger charge is 2.21. The van der Waals surface area contributed by atoms with Crippen LogP contribution in [0.2, 0.25) is 0 Å². The van der Waals surface area contributed by atoms with E-state index in [1.807, 2.05) is 19.2 Å². The molecule has 3 N–H and O–H groups in total. The van der Waals surface area contributed by atoms with Gasteiger partial charge in [-0.3, -0.25) is 0 Å². The van der Waals surface area contributed by atoms with E-state index in [1.54, 1.807) is 6.20 Å². The molecule has 1 aliphatic heterocycles. The van der Waals surface area contributed by atoms with Crippen LogP contribution in [0.5, 0.6) is 0 Å². The first-order valence-corrected chi connectivity index (χ1v) is 4.93. The highest BCUT2D eigenvalue weighted by Crippen LogP contribution is 2.18. The minimum absolute atomic E-state index is 0.592. The summed E-state index contributed by atoms with van der Waals surface area (Å²) in [5, 5.41) is 3.28. The second-order valence-electron chi connectivity index (χ2n) is 3.67. The molecule has 1 atom stereocenters. The molecule has 0 radical (unpaired) electrons. The number of pyridine rings is 1. The van der Waals surface area contributed by atoms with Crippen LogP contribution in [-0.2, 0) is 0 Å².